The standard InChI is InChI=1S/Al.Fe.Mg.H2O.2H/h;;;1H2;;/q;;+2;;2*-1. The van der Waals surface area contributed by atoms with Crippen molar-refractivity contribution in [1.82, 2.24) is 0 Å². The average Bonchev–Trinajstić information content (AvgIpc) is 0. The molecule has 0 aromatic carbocycles. The molecule has 4 heteroatoms. The van der Waals surface area contributed by atoms with Crippen molar-refractivity contribution in [3.8, 4) is 0 Å². The van der Waals surface area contributed by atoms with Gasteiger partial charge < -0.3 is 8.33 Å². The first-order valence-corrected chi connectivity index (χ1v) is 0. The molecule has 0 bridgehead atoms. The minimum Gasteiger partial charge on any atom is -1.00 e. The fourth-order valence-electron chi connectivity index (χ4n) is 0. The largest absolute Gasteiger partial charge is 2.00 e. The summed E-state index contributed by atoms with van der Waals surface area (Å²) >= 11 is 0. The summed E-state index contributed by atoms with van der Waals surface area (Å²) in [5.41, 5.74) is 0. The van der Waals surface area contributed by atoms with Crippen LogP contribution in [0.25, 0.3) is 0 Å². The molecule has 23 valence electrons. The Kier molecular flexibility index (Phi) is 225. The fourth-order valence-corrected chi connectivity index (χ4v) is 0. The molecule has 0 spiro atoms. The van der Waals surface area contributed by atoms with Crippen LogP contribution >= 0.6 is 0 Å². The summed E-state index contributed by atoms with van der Waals surface area (Å²) < 4.78 is 0. The second-order valence-electron chi connectivity index (χ2n) is 0. The summed E-state index contributed by atoms with van der Waals surface area (Å²) in [6, 6.07) is 0. The van der Waals surface area contributed by atoms with E-state index in [0.717, 1.165) is 0 Å². The van der Waals surface area contributed by atoms with Crippen LogP contribution in [0.1, 0.15) is 2.85 Å². The molecule has 0 unspecified atom stereocenters. The summed E-state index contributed by atoms with van der Waals surface area (Å²) in [5, 5.41) is 0. The van der Waals surface area contributed by atoms with E-state index in [9.17, 15) is 0 Å². The van der Waals surface area contributed by atoms with E-state index in [-0.39, 0.29) is 65.8 Å². The van der Waals surface area contributed by atoms with E-state index in [4.69, 9.17) is 0 Å². The van der Waals surface area contributed by atoms with Crippen LogP contribution in [0, 0.1) is 0 Å². The van der Waals surface area contributed by atoms with Crippen LogP contribution in [-0.2, 0) is 17.1 Å². The molecule has 0 rings (SSSR count). The molecule has 0 saturated carbocycles. The molecule has 0 aromatic rings. The van der Waals surface area contributed by atoms with Crippen LogP contribution in [0.5, 0.6) is 0 Å². The van der Waals surface area contributed by atoms with Gasteiger partial charge in [-0.15, -0.1) is 0 Å². The van der Waals surface area contributed by atoms with Crippen molar-refractivity contribution in [3.63, 3.8) is 0 Å². The Bertz CT molecular complexity index is 13.5. The first-order chi connectivity index (χ1) is 0. The molecule has 0 aliphatic carbocycles. The monoisotopic (exact) mass is 127 g/mol. The van der Waals surface area contributed by atoms with Gasteiger partial charge in [0.2, 0.25) is 0 Å². The summed E-state index contributed by atoms with van der Waals surface area (Å²) in [6.07, 6.45) is 0. The predicted octanol–water partition coefficient (Wildman–Crippen LogP) is -1.36. The smallest absolute Gasteiger partial charge is 1.00 e. The minimum atomic E-state index is 0. The van der Waals surface area contributed by atoms with Gasteiger partial charge in [-0.2, -0.15) is 0 Å². The molecule has 2 N–H and O–H groups in total. The van der Waals surface area contributed by atoms with Gasteiger partial charge in [0.05, 0.1) is 0 Å². The van der Waals surface area contributed by atoms with Gasteiger partial charge >= 0.3 is 23.1 Å². The van der Waals surface area contributed by atoms with Gasteiger partial charge in [0.1, 0.15) is 0 Å². The topological polar surface area (TPSA) is 31.5 Å². The predicted molar refractivity (Wildman–Crippen MR) is 17.3 cm³/mol. The van der Waals surface area contributed by atoms with Gasteiger partial charge in [-0.1, -0.05) is 0 Å². The zero-order valence-electron chi connectivity index (χ0n) is 4.14. The molecule has 0 amide bonds. The molecule has 0 aliphatic heterocycles. The number of hydrogen-bond donors (Lipinski definition) is 0. The normalized spacial score (nSPS) is 0. The second-order valence-corrected chi connectivity index (χ2v) is 0. The van der Waals surface area contributed by atoms with Gasteiger partial charge in [0.25, 0.3) is 0 Å². The molecular formula is H4AlFeMgO. The molecule has 0 aromatic heterocycles. The average molecular weight is 127 g/mol. The van der Waals surface area contributed by atoms with Crippen molar-refractivity contribution in [2.75, 3.05) is 0 Å². The third-order valence-corrected chi connectivity index (χ3v) is 0. The SMILES string of the molecule is O.[Al].[Fe].[H-].[H-].[Mg+2]. The third-order valence-electron chi connectivity index (χ3n) is 0. The molecule has 0 aliphatic rings. The van der Waals surface area contributed by atoms with Crippen molar-refractivity contribution in [3.05, 3.63) is 0 Å². The van der Waals surface area contributed by atoms with Crippen molar-refractivity contribution in [2.24, 2.45) is 0 Å². The molecule has 0 heterocycles. The van der Waals surface area contributed by atoms with E-state index >= 15 is 0 Å². The number of hydrogen-bond acceptors (Lipinski definition) is 0. The van der Waals surface area contributed by atoms with E-state index < -0.39 is 0 Å². The maximum Gasteiger partial charge on any atom is 2.00 e. The van der Waals surface area contributed by atoms with Gasteiger partial charge in [-0.3, -0.25) is 0 Å². The summed E-state index contributed by atoms with van der Waals surface area (Å²) in [5.74, 6) is 0. The van der Waals surface area contributed by atoms with Crippen LogP contribution in [0.15, 0.2) is 0 Å². The summed E-state index contributed by atoms with van der Waals surface area (Å²) in [4.78, 5) is 0. The van der Waals surface area contributed by atoms with E-state index in [2.05, 4.69) is 0 Å². The second kappa shape index (κ2) is 21.6. The summed E-state index contributed by atoms with van der Waals surface area (Å²) in [6.45, 7) is 0. The van der Waals surface area contributed by atoms with Crippen LogP contribution in [-0.4, -0.2) is 45.9 Å². The quantitative estimate of drug-likeness (QED) is 0.360. The van der Waals surface area contributed by atoms with Crippen LogP contribution in [0.3, 0.4) is 0 Å². The van der Waals surface area contributed by atoms with Gasteiger partial charge in [-0.25, -0.2) is 0 Å². The third kappa shape index (κ3) is 9.22. The number of rotatable bonds is 0. The van der Waals surface area contributed by atoms with E-state index in [0.29, 0.717) is 0 Å². The van der Waals surface area contributed by atoms with Gasteiger partial charge in [0, 0.05) is 34.4 Å². The molecular weight excluding hydrogens is 123 g/mol. The van der Waals surface area contributed by atoms with E-state index in [1.807, 2.05) is 0 Å². The van der Waals surface area contributed by atoms with Crippen molar-refractivity contribution in [1.29, 1.82) is 0 Å². The molecule has 0 saturated heterocycles. The Morgan fingerprint density at radius 1 is 1.25 bits per heavy atom. The molecule has 1 nitrogen and oxygen atoms in total. The first-order valence-electron chi connectivity index (χ1n) is 0. The maximum absolute atomic E-state index is 0. The Balaban J connectivity index is 0. The van der Waals surface area contributed by atoms with E-state index in [1.54, 1.807) is 0 Å². The molecule has 4 heavy (non-hydrogen) atoms. The Morgan fingerprint density at radius 2 is 1.25 bits per heavy atom. The zero-order chi connectivity index (χ0) is 0. The van der Waals surface area contributed by atoms with Crippen LogP contribution < -0.4 is 0 Å². The van der Waals surface area contributed by atoms with Gasteiger partial charge in [-0.05, 0) is 0 Å². The van der Waals surface area contributed by atoms with Gasteiger partial charge in [0.15, 0.2) is 0 Å². The molecule has 3 radical (unpaired) electrons. The Hall–Kier alpha value is 1.78. The van der Waals surface area contributed by atoms with E-state index in [1.165, 1.54) is 0 Å². The Labute approximate surface area is 65.6 Å². The summed E-state index contributed by atoms with van der Waals surface area (Å²) in [7, 11) is 0. The maximum atomic E-state index is 0. The molecule has 0 atom stereocenters. The molecule has 0 fully saturated rings. The Morgan fingerprint density at radius 3 is 1.25 bits per heavy atom. The fraction of sp³-hybridized carbons (Fsp3) is 0. The zero-order valence-corrected chi connectivity index (χ0v) is 5.81. The van der Waals surface area contributed by atoms with Crippen LogP contribution in [0.4, 0.5) is 0 Å². The van der Waals surface area contributed by atoms with Crippen molar-refractivity contribution in [2.45, 2.75) is 0 Å². The van der Waals surface area contributed by atoms with Crippen LogP contribution in [0.2, 0.25) is 0 Å². The van der Waals surface area contributed by atoms with Crippen molar-refractivity contribution < 1.29 is 25.4 Å². The van der Waals surface area contributed by atoms with Crippen molar-refractivity contribution >= 4 is 40.4 Å². The minimum absolute atomic E-state index is 0. The first kappa shape index (κ1) is 41.7.